The van der Waals surface area contributed by atoms with E-state index in [4.69, 9.17) is 0 Å². The first kappa shape index (κ1) is 14.1. The van der Waals surface area contributed by atoms with E-state index in [1.54, 1.807) is 11.8 Å². The summed E-state index contributed by atoms with van der Waals surface area (Å²) in [5.74, 6) is 1.59. The number of hydrogen-bond donors (Lipinski definition) is 1. The van der Waals surface area contributed by atoms with Gasteiger partial charge < -0.3 is 10.2 Å². The molecule has 1 aliphatic heterocycles. The third-order valence-electron chi connectivity index (χ3n) is 2.40. The number of halogens is 1. The average Bonchev–Trinajstić information content (AvgIpc) is 2.54. The maximum atomic E-state index is 11.5. The van der Waals surface area contributed by atoms with E-state index in [2.05, 4.69) is 5.32 Å². The number of nitrogens with one attached hydrogen (secondary N) is 1. The van der Waals surface area contributed by atoms with Crippen LogP contribution in [-0.4, -0.2) is 49.5 Å². The fraction of sp³-hybridized carbons (Fsp3) is 0.889. The highest BCUT2D eigenvalue weighted by molar-refractivity contribution is 7.99. The van der Waals surface area contributed by atoms with Gasteiger partial charge in [-0.05, 0) is 32.2 Å². The van der Waals surface area contributed by atoms with Crippen molar-refractivity contribution in [3.8, 4) is 0 Å². The molecular weight excluding hydrogens is 220 g/mol. The van der Waals surface area contributed by atoms with Crippen molar-refractivity contribution < 1.29 is 4.79 Å². The van der Waals surface area contributed by atoms with E-state index in [0.717, 1.165) is 26.1 Å². The van der Waals surface area contributed by atoms with Crippen LogP contribution in [0.5, 0.6) is 0 Å². The van der Waals surface area contributed by atoms with Crippen molar-refractivity contribution in [1.82, 2.24) is 10.2 Å². The van der Waals surface area contributed by atoms with Gasteiger partial charge in [-0.15, -0.1) is 12.4 Å². The molecule has 1 atom stereocenters. The van der Waals surface area contributed by atoms with Gasteiger partial charge in [0.15, 0.2) is 0 Å². The zero-order valence-corrected chi connectivity index (χ0v) is 10.4. The van der Waals surface area contributed by atoms with Crippen molar-refractivity contribution >= 4 is 30.1 Å². The second kappa shape index (κ2) is 7.37. The highest BCUT2D eigenvalue weighted by Gasteiger charge is 2.24. The number of likely N-dealkylation sites (tertiary alicyclic amines) is 1. The highest BCUT2D eigenvalue weighted by atomic mass is 35.5. The molecule has 1 saturated heterocycles. The van der Waals surface area contributed by atoms with Gasteiger partial charge in [0.1, 0.15) is 0 Å². The lowest BCUT2D eigenvalue weighted by atomic mass is 10.1. The van der Waals surface area contributed by atoms with Crippen LogP contribution in [-0.2, 0) is 4.79 Å². The minimum Gasteiger partial charge on any atom is -0.342 e. The Balaban J connectivity index is 0.00000169. The molecule has 84 valence electrons. The molecule has 1 rings (SSSR count). The molecular formula is C9H19ClN2OS. The van der Waals surface area contributed by atoms with Crippen molar-refractivity contribution in [3.63, 3.8) is 0 Å². The van der Waals surface area contributed by atoms with Gasteiger partial charge in [-0.25, -0.2) is 0 Å². The van der Waals surface area contributed by atoms with Crippen LogP contribution in [0.3, 0.4) is 0 Å². The summed E-state index contributed by atoms with van der Waals surface area (Å²) >= 11 is 1.60. The number of hydrogen-bond acceptors (Lipinski definition) is 3. The van der Waals surface area contributed by atoms with Crippen molar-refractivity contribution in [2.45, 2.75) is 6.42 Å². The van der Waals surface area contributed by atoms with Crippen molar-refractivity contribution in [1.29, 1.82) is 0 Å². The quantitative estimate of drug-likeness (QED) is 0.788. The maximum absolute atomic E-state index is 11.5. The second-order valence-corrected chi connectivity index (χ2v) is 4.35. The molecule has 1 aliphatic rings. The van der Waals surface area contributed by atoms with Gasteiger partial charge in [0, 0.05) is 13.1 Å². The molecule has 1 unspecified atom stereocenters. The van der Waals surface area contributed by atoms with Crippen LogP contribution >= 0.6 is 24.2 Å². The van der Waals surface area contributed by atoms with Crippen LogP contribution in [0, 0.1) is 5.92 Å². The van der Waals surface area contributed by atoms with Gasteiger partial charge in [-0.2, -0.15) is 11.8 Å². The van der Waals surface area contributed by atoms with Crippen molar-refractivity contribution in [2.24, 2.45) is 5.92 Å². The Morgan fingerprint density at radius 3 is 2.93 bits per heavy atom. The number of carbonyl (C=O) groups excluding carboxylic acids is 1. The zero-order valence-electron chi connectivity index (χ0n) is 8.78. The molecule has 0 bridgehead atoms. The molecule has 3 nitrogen and oxygen atoms in total. The smallest absolute Gasteiger partial charge is 0.232 e. The first-order chi connectivity index (χ1) is 6.27. The van der Waals surface area contributed by atoms with Gasteiger partial charge in [0.2, 0.25) is 5.91 Å². The van der Waals surface area contributed by atoms with Crippen LogP contribution in [0.15, 0.2) is 0 Å². The third-order valence-corrected chi connectivity index (χ3v) is 2.93. The van der Waals surface area contributed by atoms with Gasteiger partial charge in [0.05, 0.1) is 5.75 Å². The van der Waals surface area contributed by atoms with E-state index in [1.165, 1.54) is 0 Å². The minimum absolute atomic E-state index is 0. The molecule has 1 N–H and O–H groups in total. The molecule has 0 aliphatic carbocycles. The van der Waals surface area contributed by atoms with Crippen LogP contribution in [0.25, 0.3) is 0 Å². The summed E-state index contributed by atoms with van der Waals surface area (Å²) in [6.45, 7) is 2.93. The largest absolute Gasteiger partial charge is 0.342 e. The summed E-state index contributed by atoms with van der Waals surface area (Å²) in [6.07, 6.45) is 3.13. The zero-order chi connectivity index (χ0) is 9.68. The predicted molar refractivity (Wildman–Crippen MR) is 64.2 cm³/mol. The Morgan fingerprint density at radius 1 is 1.64 bits per heavy atom. The van der Waals surface area contributed by atoms with E-state index in [-0.39, 0.29) is 12.4 Å². The normalized spacial score (nSPS) is 20.7. The molecule has 0 aromatic rings. The molecule has 0 aromatic carbocycles. The molecule has 14 heavy (non-hydrogen) atoms. The molecule has 0 saturated carbocycles. The van der Waals surface area contributed by atoms with Gasteiger partial charge in [0.25, 0.3) is 0 Å². The minimum atomic E-state index is 0. The van der Waals surface area contributed by atoms with E-state index >= 15 is 0 Å². The third kappa shape index (κ3) is 4.07. The van der Waals surface area contributed by atoms with Crippen molar-refractivity contribution in [2.75, 3.05) is 38.7 Å². The summed E-state index contributed by atoms with van der Waals surface area (Å²) in [7, 11) is 1.96. The summed E-state index contributed by atoms with van der Waals surface area (Å²) < 4.78 is 0. The molecule has 0 spiro atoms. The first-order valence-corrected chi connectivity index (χ1v) is 6.08. The fourth-order valence-electron chi connectivity index (χ4n) is 1.73. The molecule has 0 aromatic heterocycles. The monoisotopic (exact) mass is 238 g/mol. The number of thioether (sulfide) groups is 1. The molecule has 1 heterocycles. The van der Waals surface area contributed by atoms with E-state index in [1.807, 2.05) is 18.2 Å². The summed E-state index contributed by atoms with van der Waals surface area (Å²) in [5, 5.41) is 3.16. The summed E-state index contributed by atoms with van der Waals surface area (Å²) in [4.78, 5) is 13.5. The van der Waals surface area contributed by atoms with E-state index in [0.29, 0.717) is 17.6 Å². The Hall–Kier alpha value is 0.0700. The summed E-state index contributed by atoms with van der Waals surface area (Å²) in [5.41, 5.74) is 0. The number of carbonyl (C=O) groups is 1. The number of amides is 1. The van der Waals surface area contributed by atoms with Crippen LogP contribution in [0.2, 0.25) is 0 Å². The average molecular weight is 239 g/mol. The van der Waals surface area contributed by atoms with Gasteiger partial charge in [-0.1, -0.05) is 0 Å². The Kier molecular flexibility index (Phi) is 7.41. The number of rotatable bonds is 4. The number of nitrogens with zero attached hydrogens (tertiary/aromatic N) is 1. The lowest BCUT2D eigenvalue weighted by Gasteiger charge is -2.15. The maximum Gasteiger partial charge on any atom is 0.232 e. The highest BCUT2D eigenvalue weighted by Crippen LogP contribution is 2.16. The summed E-state index contributed by atoms with van der Waals surface area (Å²) in [6, 6.07) is 0. The fourth-order valence-corrected chi connectivity index (χ4v) is 2.16. The topological polar surface area (TPSA) is 32.3 Å². The SMILES string of the molecule is CNCC1CCN(C(=O)CSC)C1.Cl. The molecule has 1 fully saturated rings. The molecule has 5 heteroatoms. The van der Waals surface area contributed by atoms with Crippen LogP contribution in [0.1, 0.15) is 6.42 Å². The van der Waals surface area contributed by atoms with Crippen LogP contribution in [0.4, 0.5) is 0 Å². The van der Waals surface area contributed by atoms with Gasteiger partial charge in [-0.3, -0.25) is 4.79 Å². The Morgan fingerprint density at radius 2 is 2.36 bits per heavy atom. The second-order valence-electron chi connectivity index (χ2n) is 3.49. The van der Waals surface area contributed by atoms with Crippen LogP contribution < -0.4 is 5.32 Å². The Labute approximate surface area is 96.4 Å². The first-order valence-electron chi connectivity index (χ1n) is 4.69. The van der Waals surface area contributed by atoms with E-state index < -0.39 is 0 Å². The standard InChI is InChI=1S/C9H18N2OS.ClH/c1-10-5-8-3-4-11(6-8)9(12)7-13-2;/h8,10H,3-7H2,1-2H3;1H. The lowest BCUT2D eigenvalue weighted by Crippen LogP contribution is -2.31. The molecule has 0 radical (unpaired) electrons. The van der Waals surface area contributed by atoms with Crippen molar-refractivity contribution in [3.05, 3.63) is 0 Å². The van der Waals surface area contributed by atoms with Gasteiger partial charge >= 0.3 is 0 Å². The lowest BCUT2D eigenvalue weighted by molar-refractivity contribution is -0.127. The van der Waals surface area contributed by atoms with E-state index in [9.17, 15) is 4.79 Å². The Bertz CT molecular complexity index is 180. The molecule has 1 amide bonds. The predicted octanol–water partition coefficient (Wildman–Crippen LogP) is 0.839.